The summed E-state index contributed by atoms with van der Waals surface area (Å²) in [5, 5.41) is 2.99. The van der Waals surface area contributed by atoms with Crippen LogP contribution in [-0.2, 0) is 25.3 Å². The van der Waals surface area contributed by atoms with E-state index in [1.165, 1.54) is 15.4 Å². The van der Waals surface area contributed by atoms with Crippen molar-refractivity contribution < 1.29 is 17.9 Å². The Morgan fingerprint density at radius 1 is 1.06 bits per heavy atom. The highest BCUT2D eigenvalue weighted by atomic mass is 32.2. The number of anilines is 2. The third-order valence-corrected chi connectivity index (χ3v) is 8.78. The van der Waals surface area contributed by atoms with Crippen LogP contribution >= 0.6 is 11.8 Å². The molecule has 178 valence electrons. The van der Waals surface area contributed by atoms with Gasteiger partial charge in [0.2, 0.25) is 15.9 Å². The molecular formula is C24H31N3O4S2. The second kappa shape index (κ2) is 10.9. The van der Waals surface area contributed by atoms with Gasteiger partial charge >= 0.3 is 0 Å². The number of rotatable bonds is 8. The molecule has 0 aliphatic carbocycles. The second-order valence-electron chi connectivity index (χ2n) is 8.42. The summed E-state index contributed by atoms with van der Waals surface area (Å²) in [7, 11) is -3.64. The summed E-state index contributed by atoms with van der Waals surface area (Å²) in [6.45, 7) is 5.33. The molecule has 0 aromatic heterocycles. The molecular weight excluding hydrogens is 458 g/mol. The van der Waals surface area contributed by atoms with E-state index in [9.17, 15) is 13.2 Å². The van der Waals surface area contributed by atoms with Crippen LogP contribution in [0.5, 0.6) is 0 Å². The molecule has 1 N–H and O–H groups in total. The van der Waals surface area contributed by atoms with Gasteiger partial charge in [0.25, 0.3) is 0 Å². The minimum Gasteiger partial charge on any atom is -0.379 e. The van der Waals surface area contributed by atoms with Crippen LogP contribution in [0.2, 0.25) is 0 Å². The lowest BCUT2D eigenvalue weighted by molar-refractivity contribution is -0.113. The SMILES string of the molecule is Cc1cccc(CSCC(=O)Nc2cc(S(=O)(=O)N3CCOCC3)ccc2N2CCCC2)c1. The van der Waals surface area contributed by atoms with Crippen LogP contribution in [-0.4, -0.2) is 63.8 Å². The van der Waals surface area contributed by atoms with E-state index >= 15 is 0 Å². The Balaban J connectivity index is 1.49. The van der Waals surface area contributed by atoms with Crippen molar-refractivity contribution >= 4 is 39.1 Å². The summed E-state index contributed by atoms with van der Waals surface area (Å²) in [6.07, 6.45) is 2.18. The van der Waals surface area contributed by atoms with Crippen LogP contribution in [0.4, 0.5) is 11.4 Å². The van der Waals surface area contributed by atoms with Crippen LogP contribution in [0.25, 0.3) is 0 Å². The van der Waals surface area contributed by atoms with Gasteiger partial charge < -0.3 is 15.0 Å². The largest absolute Gasteiger partial charge is 0.379 e. The predicted octanol–water partition coefficient (Wildman–Crippen LogP) is 3.49. The molecule has 0 radical (unpaired) electrons. The fourth-order valence-corrected chi connectivity index (χ4v) is 6.40. The van der Waals surface area contributed by atoms with E-state index in [-0.39, 0.29) is 10.8 Å². The van der Waals surface area contributed by atoms with E-state index in [4.69, 9.17) is 4.74 Å². The van der Waals surface area contributed by atoms with Crippen LogP contribution in [0.15, 0.2) is 47.4 Å². The maximum Gasteiger partial charge on any atom is 0.243 e. The summed E-state index contributed by atoms with van der Waals surface area (Å²) in [5.41, 5.74) is 3.83. The number of hydrogen-bond acceptors (Lipinski definition) is 6. The van der Waals surface area contributed by atoms with E-state index in [0.29, 0.717) is 37.7 Å². The van der Waals surface area contributed by atoms with E-state index in [0.717, 1.165) is 37.4 Å². The number of thioether (sulfide) groups is 1. The Labute approximate surface area is 200 Å². The van der Waals surface area contributed by atoms with Crippen molar-refractivity contribution in [1.29, 1.82) is 0 Å². The fraction of sp³-hybridized carbons (Fsp3) is 0.458. The average molecular weight is 490 g/mol. The summed E-state index contributed by atoms with van der Waals surface area (Å²) in [5.74, 6) is 0.918. The molecule has 2 heterocycles. The predicted molar refractivity (Wildman–Crippen MR) is 133 cm³/mol. The van der Waals surface area contributed by atoms with Gasteiger partial charge in [0, 0.05) is 31.9 Å². The quantitative estimate of drug-likeness (QED) is 0.612. The number of benzene rings is 2. The van der Waals surface area contributed by atoms with Gasteiger partial charge in [0.15, 0.2) is 0 Å². The lowest BCUT2D eigenvalue weighted by Gasteiger charge is -2.27. The van der Waals surface area contributed by atoms with Crippen LogP contribution in [0, 0.1) is 6.92 Å². The first-order valence-electron chi connectivity index (χ1n) is 11.3. The molecule has 2 aromatic carbocycles. The van der Waals surface area contributed by atoms with E-state index < -0.39 is 10.0 Å². The maximum atomic E-state index is 13.2. The molecule has 33 heavy (non-hydrogen) atoms. The van der Waals surface area contributed by atoms with Crippen LogP contribution in [0.1, 0.15) is 24.0 Å². The number of morpholine rings is 1. The highest BCUT2D eigenvalue weighted by Crippen LogP contribution is 2.32. The number of nitrogens with one attached hydrogen (secondary N) is 1. The molecule has 2 aromatic rings. The topological polar surface area (TPSA) is 79.0 Å². The van der Waals surface area contributed by atoms with Gasteiger partial charge in [-0.15, -0.1) is 11.8 Å². The van der Waals surface area contributed by atoms with Gasteiger partial charge in [-0.25, -0.2) is 8.42 Å². The number of carbonyl (C=O) groups is 1. The summed E-state index contributed by atoms with van der Waals surface area (Å²) >= 11 is 1.55. The number of sulfonamides is 1. The van der Waals surface area contributed by atoms with Crippen LogP contribution < -0.4 is 10.2 Å². The zero-order chi connectivity index (χ0) is 23.3. The first-order valence-corrected chi connectivity index (χ1v) is 13.9. The highest BCUT2D eigenvalue weighted by Gasteiger charge is 2.28. The Hall–Kier alpha value is -2.07. The number of amides is 1. The van der Waals surface area contributed by atoms with Crippen molar-refractivity contribution in [3.63, 3.8) is 0 Å². The summed E-state index contributed by atoms with van der Waals surface area (Å²) in [4.78, 5) is 15.2. The van der Waals surface area contributed by atoms with Gasteiger partial charge in [-0.1, -0.05) is 29.8 Å². The normalized spacial score (nSPS) is 17.3. The molecule has 0 saturated carbocycles. The molecule has 2 aliphatic heterocycles. The van der Waals surface area contributed by atoms with E-state index in [1.807, 2.05) is 12.1 Å². The molecule has 9 heteroatoms. The monoisotopic (exact) mass is 489 g/mol. The van der Waals surface area contributed by atoms with Crippen molar-refractivity contribution in [1.82, 2.24) is 4.31 Å². The molecule has 7 nitrogen and oxygen atoms in total. The smallest absolute Gasteiger partial charge is 0.243 e. The van der Waals surface area contributed by atoms with E-state index in [2.05, 4.69) is 35.3 Å². The zero-order valence-corrected chi connectivity index (χ0v) is 20.6. The highest BCUT2D eigenvalue weighted by molar-refractivity contribution is 7.99. The van der Waals surface area contributed by atoms with Crippen molar-refractivity contribution in [2.45, 2.75) is 30.4 Å². The van der Waals surface area contributed by atoms with Crippen LogP contribution in [0.3, 0.4) is 0 Å². The number of aryl methyl sites for hydroxylation is 1. The summed E-state index contributed by atoms with van der Waals surface area (Å²) < 4.78 is 33.1. The molecule has 0 bridgehead atoms. The van der Waals surface area contributed by atoms with Gasteiger partial charge in [-0.05, 0) is 43.5 Å². The third-order valence-electron chi connectivity index (χ3n) is 5.88. The molecule has 2 aliphatic rings. The molecule has 0 atom stereocenters. The third kappa shape index (κ3) is 6.09. The fourth-order valence-electron chi connectivity index (χ4n) is 4.20. The van der Waals surface area contributed by atoms with Crippen molar-refractivity contribution in [3.05, 3.63) is 53.6 Å². The second-order valence-corrected chi connectivity index (χ2v) is 11.3. The molecule has 1 amide bonds. The molecule has 4 rings (SSSR count). The Bertz CT molecular complexity index is 1080. The van der Waals surface area contributed by atoms with Crippen molar-refractivity contribution in [2.75, 3.05) is 55.4 Å². The number of carbonyl (C=O) groups excluding carboxylic acids is 1. The lowest BCUT2D eigenvalue weighted by Crippen LogP contribution is -2.40. The van der Waals surface area contributed by atoms with Crippen molar-refractivity contribution in [2.24, 2.45) is 0 Å². The zero-order valence-electron chi connectivity index (χ0n) is 19.0. The van der Waals surface area contributed by atoms with Crippen molar-refractivity contribution in [3.8, 4) is 0 Å². The standard InChI is InChI=1S/C24H31N3O4S2/c1-19-5-4-6-20(15-19)17-32-18-24(28)25-22-16-21(7-8-23(22)26-9-2-3-10-26)33(29,30)27-11-13-31-14-12-27/h4-8,15-16H,2-3,9-14,17-18H2,1H3,(H,25,28). The van der Waals surface area contributed by atoms with E-state index in [1.54, 1.807) is 23.9 Å². The number of nitrogens with zero attached hydrogens (tertiary/aromatic N) is 2. The van der Waals surface area contributed by atoms with Gasteiger partial charge in [0.05, 0.1) is 35.2 Å². The molecule has 2 saturated heterocycles. The first-order chi connectivity index (χ1) is 15.9. The number of hydrogen-bond donors (Lipinski definition) is 1. The lowest BCUT2D eigenvalue weighted by atomic mass is 10.2. The Morgan fingerprint density at radius 3 is 2.55 bits per heavy atom. The number of ether oxygens (including phenoxy) is 1. The molecule has 2 fully saturated rings. The minimum atomic E-state index is -3.64. The van der Waals surface area contributed by atoms with Gasteiger partial charge in [0.1, 0.15) is 0 Å². The Morgan fingerprint density at radius 2 is 1.82 bits per heavy atom. The van der Waals surface area contributed by atoms with Gasteiger partial charge in [-0.2, -0.15) is 4.31 Å². The minimum absolute atomic E-state index is 0.131. The molecule has 0 unspecified atom stereocenters. The maximum absolute atomic E-state index is 13.2. The first kappa shape index (κ1) is 24.1. The summed E-state index contributed by atoms with van der Waals surface area (Å²) in [6, 6.07) is 13.3. The Kier molecular flexibility index (Phi) is 7.95. The van der Waals surface area contributed by atoms with Gasteiger partial charge in [-0.3, -0.25) is 4.79 Å². The average Bonchev–Trinajstić information content (AvgIpc) is 3.34. The molecule has 0 spiro atoms.